The van der Waals surface area contributed by atoms with Crippen LogP contribution in [0.5, 0.6) is 0 Å². The molecule has 8 heteroatoms. The van der Waals surface area contributed by atoms with Crippen LogP contribution in [0.4, 0.5) is 10.1 Å². The Morgan fingerprint density at radius 3 is 2.88 bits per heavy atom. The summed E-state index contributed by atoms with van der Waals surface area (Å²) in [6.45, 7) is 3.22. The summed E-state index contributed by atoms with van der Waals surface area (Å²) < 4.78 is 20.9. The molecule has 0 bridgehead atoms. The van der Waals surface area contributed by atoms with E-state index in [1.165, 1.54) is 18.5 Å². The molecule has 0 aliphatic heterocycles. The third-order valence-electron chi connectivity index (χ3n) is 3.67. The molecule has 0 aliphatic carbocycles. The van der Waals surface area contributed by atoms with E-state index in [0.29, 0.717) is 21.2 Å². The molecule has 0 saturated heterocycles. The molecular weight excluding hydrogens is 381 g/mol. The van der Waals surface area contributed by atoms with Crippen molar-refractivity contribution >= 4 is 38.6 Å². The van der Waals surface area contributed by atoms with Crippen molar-refractivity contribution in [1.29, 1.82) is 0 Å². The van der Waals surface area contributed by atoms with Crippen LogP contribution in [0, 0.1) is 19.7 Å². The van der Waals surface area contributed by atoms with Gasteiger partial charge in [-0.3, -0.25) is 14.2 Å². The third-order valence-corrected chi connectivity index (χ3v) is 4.17. The Kier molecular flexibility index (Phi) is 4.23. The normalized spacial score (nSPS) is 11.0. The number of furan rings is 1. The predicted molar refractivity (Wildman–Crippen MR) is 90.5 cm³/mol. The van der Waals surface area contributed by atoms with Gasteiger partial charge in [-0.25, -0.2) is 9.37 Å². The van der Waals surface area contributed by atoms with Crippen molar-refractivity contribution in [3.8, 4) is 0 Å². The van der Waals surface area contributed by atoms with Crippen LogP contribution in [0.2, 0.25) is 0 Å². The summed E-state index contributed by atoms with van der Waals surface area (Å²) in [6.07, 6.45) is 1.24. The Balaban J connectivity index is 1.87. The molecule has 0 atom stereocenters. The number of carbonyl (C=O) groups excluding carboxylic acids is 1. The minimum Gasteiger partial charge on any atom is -0.443 e. The van der Waals surface area contributed by atoms with Gasteiger partial charge >= 0.3 is 0 Å². The number of aromatic nitrogens is 2. The molecule has 0 unspecified atom stereocenters. The molecule has 1 amide bonds. The number of hydrogen-bond acceptors (Lipinski definition) is 4. The summed E-state index contributed by atoms with van der Waals surface area (Å²) in [4.78, 5) is 28.6. The molecule has 6 nitrogen and oxygen atoms in total. The number of benzene rings is 1. The maximum absolute atomic E-state index is 13.8. The standard InChI is InChI=1S/C16H13BrFN3O3/c1-8-9(2)24-15-14(8)16(23)21(7-19-15)6-13(22)20-12-4-3-10(17)5-11(12)18/h3-5,7H,6H2,1-2H3,(H,20,22). The van der Waals surface area contributed by atoms with E-state index in [0.717, 1.165) is 4.57 Å². The van der Waals surface area contributed by atoms with E-state index < -0.39 is 11.7 Å². The minimum absolute atomic E-state index is 0.0422. The fourth-order valence-corrected chi connectivity index (χ4v) is 2.65. The van der Waals surface area contributed by atoms with E-state index in [-0.39, 0.29) is 23.5 Å². The Bertz CT molecular complexity index is 1010. The van der Waals surface area contributed by atoms with Gasteiger partial charge < -0.3 is 9.73 Å². The molecule has 2 heterocycles. The van der Waals surface area contributed by atoms with Gasteiger partial charge in [0.1, 0.15) is 29.8 Å². The van der Waals surface area contributed by atoms with Gasteiger partial charge in [0.15, 0.2) is 0 Å². The highest BCUT2D eigenvalue weighted by Gasteiger charge is 2.15. The molecule has 3 aromatic rings. The number of nitrogens with zero attached hydrogens (tertiary/aromatic N) is 2. The van der Waals surface area contributed by atoms with Gasteiger partial charge in [0, 0.05) is 10.0 Å². The van der Waals surface area contributed by atoms with E-state index in [4.69, 9.17) is 4.42 Å². The molecule has 0 saturated carbocycles. The van der Waals surface area contributed by atoms with Gasteiger partial charge in [-0.1, -0.05) is 15.9 Å². The van der Waals surface area contributed by atoms with Crippen molar-refractivity contribution in [2.75, 3.05) is 5.32 Å². The number of aryl methyl sites for hydroxylation is 2. The van der Waals surface area contributed by atoms with Gasteiger partial charge in [0.25, 0.3) is 5.56 Å². The van der Waals surface area contributed by atoms with E-state index >= 15 is 0 Å². The van der Waals surface area contributed by atoms with Gasteiger partial charge in [-0.2, -0.15) is 0 Å². The van der Waals surface area contributed by atoms with Crippen LogP contribution in [0.1, 0.15) is 11.3 Å². The van der Waals surface area contributed by atoms with Crippen molar-refractivity contribution in [2.45, 2.75) is 20.4 Å². The summed E-state index contributed by atoms with van der Waals surface area (Å²) in [5.74, 6) is -0.494. The summed E-state index contributed by atoms with van der Waals surface area (Å²) >= 11 is 3.14. The van der Waals surface area contributed by atoms with Gasteiger partial charge in [-0.05, 0) is 32.0 Å². The number of amides is 1. The number of anilines is 1. The second kappa shape index (κ2) is 6.20. The lowest BCUT2D eigenvalue weighted by molar-refractivity contribution is -0.116. The molecule has 0 fully saturated rings. The fraction of sp³-hybridized carbons (Fsp3) is 0.188. The molecule has 124 valence electrons. The Morgan fingerprint density at radius 1 is 1.42 bits per heavy atom. The number of fused-ring (bicyclic) bond motifs is 1. The molecule has 3 rings (SSSR count). The summed E-state index contributed by atoms with van der Waals surface area (Å²) in [5, 5.41) is 2.78. The number of hydrogen-bond donors (Lipinski definition) is 1. The summed E-state index contributed by atoms with van der Waals surface area (Å²) in [7, 11) is 0. The Morgan fingerprint density at radius 2 is 2.17 bits per heavy atom. The SMILES string of the molecule is Cc1oc2ncn(CC(=O)Nc3ccc(Br)cc3F)c(=O)c2c1C. The van der Waals surface area contributed by atoms with Gasteiger partial charge in [-0.15, -0.1) is 0 Å². The van der Waals surface area contributed by atoms with E-state index in [9.17, 15) is 14.0 Å². The van der Waals surface area contributed by atoms with Crippen molar-refractivity contribution in [3.05, 3.63) is 56.5 Å². The minimum atomic E-state index is -0.569. The second-order valence-electron chi connectivity index (χ2n) is 5.31. The van der Waals surface area contributed by atoms with E-state index in [1.54, 1.807) is 19.9 Å². The quantitative estimate of drug-likeness (QED) is 0.741. The highest BCUT2D eigenvalue weighted by atomic mass is 79.9. The summed E-state index contributed by atoms with van der Waals surface area (Å²) in [5.41, 5.74) is 0.600. The average molecular weight is 394 g/mol. The maximum Gasteiger partial charge on any atom is 0.265 e. The van der Waals surface area contributed by atoms with Crippen molar-refractivity contribution < 1.29 is 13.6 Å². The topological polar surface area (TPSA) is 77.1 Å². The zero-order chi connectivity index (χ0) is 17.4. The Hall–Kier alpha value is -2.48. The lowest BCUT2D eigenvalue weighted by Gasteiger charge is -2.08. The molecule has 0 aliphatic rings. The maximum atomic E-state index is 13.8. The first-order valence-electron chi connectivity index (χ1n) is 7.07. The first kappa shape index (κ1) is 16.4. The third kappa shape index (κ3) is 2.96. The number of rotatable bonds is 3. The van der Waals surface area contributed by atoms with E-state index in [2.05, 4.69) is 26.2 Å². The van der Waals surface area contributed by atoms with Crippen LogP contribution >= 0.6 is 15.9 Å². The highest BCUT2D eigenvalue weighted by molar-refractivity contribution is 9.10. The Labute approximate surface area is 144 Å². The molecular formula is C16H13BrFN3O3. The number of halogens is 2. The van der Waals surface area contributed by atoms with Crippen LogP contribution in [0.3, 0.4) is 0 Å². The lowest BCUT2D eigenvalue weighted by atomic mass is 10.2. The molecule has 0 spiro atoms. The zero-order valence-corrected chi connectivity index (χ0v) is 14.5. The van der Waals surface area contributed by atoms with Crippen LogP contribution in [0.15, 0.2) is 38.2 Å². The lowest BCUT2D eigenvalue weighted by Crippen LogP contribution is -2.28. The van der Waals surface area contributed by atoms with Crippen molar-refractivity contribution in [3.63, 3.8) is 0 Å². The smallest absolute Gasteiger partial charge is 0.265 e. The highest BCUT2D eigenvalue weighted by Crippen LogP contribution is 2.20. The number of carbonyl (C=O) groups is 1. The zero-order valence-electron chi connectivity index (χ0n) is 12.9. The van der Waals surface area contributed by atoms with Gasteiger partial charge in [0.2, 0.25) is 11.6 Å². The number of nitrogens with one attached hydrogen (secondary N) is 1. The van der Waals surface area contributed by atoms with Crippen LogP contribution in [-0.2, 0) is 11.3 Å². The fourth-order valence-electron chi connectivity index (χ4n) is 2.32. The molecule has 1 N–H and O–H groups in total. The summed E-state index contributed by atoms with van der Waals surface area (Å²) in [6, 6.07) is 4.29. The first-order chi connectivity index (χ1) is 11.4. The van der Waals surface area contributed by atoms with Crippen LogP contribution in [-0.4, -0.2) is 15.5 Å². The second-order valence-corrected chi connectivity index (χ2v) is 6.23. The largest absolute Gasteiger partial charge is 0.443 e. The monoisotopic (exact) mass is 393 g/mol. The molecule has 24 heavy (non-hydrogen) atoms. The molecule has 2 aromatic heterocycles. The predicted octanol–water partition coefficient (Wildman–Crippen LogP) is 3.15. The molecule has 0 radical (unpaired) electrons. The van der Waals surface area contributed by atoms with Crippen LogP contribution < -0.4 is 10.9 Å². The van der Waals surface area contributed by atoms with Crippen LogP contribution in [0.25, 0.3) is 11.1 Å². The first-order valence-corrected chi connectivity index (χ1v) is 7.86. The van der Waals surface area contributed by atoms with Crippen molar-refractivity contribution in [2.24, 2.45) is 0 Å². The molecule has 1 aromatic carbocycles. The average Bonchev–Trinajstić information content (AvgIpc) is 2.81. The van der Waals surface area contributed by atoms with Crippen molar-refractivity contribution in [1.82, 2.24) is 9.55 Å². The van der Waals surface area contributed by atoms with Gasteiger partial charge in [0.05, 0.1) is 5.69 Å². The van der Waals surface area contributed by atoms with E-state index in [1.807, 2.05) is 0 Å².